The number of carboxylic acid groups (broad SMARTS) is 1. The van der Waals surface area contributed by atoms with Crippen LogP contribution in [0.5, 0.6) is 0 Å². The molecule has 0 fully saturated rings. The van der Waals surface area contributed by atoms with Crippen LogP contribution in [0.2, 0.25) is 0 Å². The average Bonchev–Trinajstić information content (AvgIpc) is 2.14. The summed E-state index contributed by atoms with van der Waals surface area (Å²) in [5.74, 6) is -1.29. The number of nitrogens with zero attached hydrogens (tertiary/aromatic N) is 1. The predicted octanol–water partition coefficient (Wildman–Crippen LogP) is -4.00. The van der Waals surface area contributed by atoms with Gasteiger partial charge in [-0.25, -0.2) is 4.79 Å². The van der Waals surface area contributed by atoms with Crippen molar-refractivity contribution >= 4 is 11.9 Å². The van der Waals surface area contributed by atoms with Crippen molar-refractivity contribution in [3.05, 3.63) is 0 Å². The van der Waals surface area contributed by atoms with Crippen LogP contribution in [0.25, 0.3) is 0 Å². The van der Waals surface area contributed by atoms with Crippen molar-refractivity contribution in [2.24, 2.45) is 4.99 Å². The van der Waals surface area contributed by atoms with Crippen molar-refractivity contribution in [3.8, 4) is 0 Å². The van der Waals surface area contributed by atoms with Crippen molar-refractivity contribution < 1.29 is 73.2 Å². The summed E-state index contributed by atoms with van der Waals surface area (Å²) in [5, 5.41) is 18.6. The second kappa shape index (κ2) is 4.59. The van der Waals surface area contributed by atoms with E-state index in [9.17, 15) is 9.90 Å². The smallest absolute Gasteiger partial charge is 0.862 e. The summed E-state index contributed by atoms with van der Waals surface area (Å²) in [5.41, 5.74) is 0. The molecule has 0 spiro atoms. The molecule has 0 radical (unpaired) electrons. The molecular weight excluding hydrogens is 208 g/mol. The Hall–Kier alpha value is 0.745. The third kappa shape index (κ3) is 2.78. The Balaban J connectivity index is 0.000000810. The van der Waals surface area contributed by atoms with E-state index < -0.39 is 12.0 Å². The van der Waals surface area contributed by atoms with Gasteiger partial charge >= 0.3 is 64.2 Å². The molecule has 0 aromatic heterocycles. The molecule has 1 aliphatic rings. The average molecular weight is 214 g/mol. The molecule has 50 valence electrons. The molecule has 0 unspecified atom stereocenters. The molecule has 1 heterocycles. The first kappa shape index (κ1) is 10.7. The van der Waals surface area contributed by atoms with Gasteiger partial charge in [-0.3, -0.25) is 4.99 Å². The molecule has 5 heteroatoms. The number of hydrogen-bond acceptors (Lipinski definition) is 3. The largest absolute Gasteiger partial charge is 1.00 e. The van der Waals surface area contributed by atoms with Crippen molar-refractivity contribution in [3.63, 3.8) is 0 Å². The maximum atomic E-state index is 10.3. The van der Waals surface area contributed by atoms with Gasteiger partial charge in [0.25, 0.3) is 0 Å². The molecule has 10 heavy (non-hydrogen) atoms. The Bertz CT molecular complexity index is 168. The van der Waals surface area contributed by atoms with Crippen LogP contribution in [0.15, 0.2) is 4.99 Å². The van der Waals surface area contributed by atoms with Gasteiger partial charge in [-0.1, -0.05) is 0 Å². The maximum Gasteiger partial charge on any atom is 1.00 e. The Morgan fingerprint density at radius 2 is 2.40 bits per heavy atom. The number of hydrogen-bond donors (Lipinski definition) is 1. The molecule has 1 rings (SSSR count). The van der Waals surface area contributed by atoms with Crippen molar-refractivity contribution in [2.45, 2.75) is 18.9 Å². The summed E-state index contributed by atoms with van der Waals surface area (Å²) < 4.78 is 0. The van der Waals surface area contributed by atoms with E-state index in [0.29, 0.717) is 6.42 Å². The minimum Gasteiger partial charge on any atom is -0.862 e. The van der Waals surface area contributed by atoms with Crippen LogP contribution < -0.4 is 63.3 Å². The molecule has 4 nitrogen and oxygen atoms in total. The predicted molar refractivity (Wildman–Crippen MR) is 28.1 cm³/mol. The molecule has 0 bridgehead atoms. The molecule has 0 aromatic rings. The molecule has 1 aliphatic heterocycles. The number of aliphatic imine (C=N–C) groups is 1. The minimum absolute atomic E-state index is 0. The van der Waals surface area contributed by atoms with Gasteiger partial charge in [-0.2, -0.15) is 0 Å². The van der Waals surface area contributed by atoms with Crippen molar-refractivity contribution in [1.82, 2.24) is 0 Å². The molecule has 0 saturated heterocycles. The fourth-order valence-corrected chi connectivity index (χ4v) is 0.742. The molecule has 1 atom stereocenters. The molecule has 0 aliphatic carbocycles. The van der Waals surface area contributed by atoms with E-state index >= 15 is 0 Å². The van der Waals surface area contributed by atoms with Gasteiger partial charge in [-0.15, -0.1) is 0 Å². The van der Waals surface area contributed by atoms with E-state index in [1.165, 1.54) is 0 Å². The zero-order valence-electron chi connectivity index (χ0n) is 5.70. The topological polar surface area (TPSA) is 72.7 Å². The number of aliphatic carboxylic acids is 1. The molecule has 0 saturated carbocycles. The maximum absolute atomic E-state index is 10.3. The second-order valence-electron chi connectivity index (χ2n) is 1.92. The molecule has 0 amide bonds. The normalized spacial score (nSPS) is 23.2. The fourth-order valence-electron chi connectivity index (χ4n) is 0.742. The Labute approximate surface area is 107 Å². The van der Waals surface area contributed by atoms with E-state index in [1.807, 2.05) is 0 Å². The van der Waals surface area contributed by atoms with E-state index in [4.69, 9.17) is 5.11 Å². The van der Waals surface area contributed by atoms with Crippen LogP contribution in [-0.2, 0) is 4.79 Å². The summed E-state index contributed by atoms with van der Waals surface area (Å²) in [6.07, 6.45) is 0.658. The molecule has 0 aromatic carbocycles. The van der Waals surface area contributed by atoms with Gasteiger partial charge in [0.05, 0.1) is 0 Å². The zero-order valence-corrected chi connectivity index (χ0v) is 10.6. The Morgan fingerprint density at radius 3 is 2.60 bits per heavy atom. The first-order chi connectivity index (χ1) is 4.20. The standard InChI is InChI=1S/C5H7NO3.Rb/c7-4-2-1-3(6-4)5(8)9;/h3H,1-2H2,(H,6,7)(H,8,9);/q;+1/p-1/t3-;/m0./s1. The van der Waals surface area contributed by atoms with Crippen LogP contribution in [0.4, 0.5) is 0 Å². The monoisotopic (exact) mass is 213 g/mol. The van der Waals surface area contributed by atoms with Gasteiger partial charge in [0.15, 0.2) is 0 Å². The van der Waals surface area contributed by atoms with Crippen molar-refractivity contribution in [1.29, 1.82) is 0 Å². The number of rotatable bonds is 1. The van der Waals surface area contributed by atoms with Crippen LogP contribution in [-0.4, -0.2) is 23.0 Å². The zero-order chi connectivity index (χ0) is 6.85. The third-order valence-electron chi connectivity index (χ3n) is 1.22. The minimum atomic E-state index is -0.999. The summed E-state index contributed by atoms with van der Waals surface area (Å²) in [6.45, 7) is 0. The SMILES string of the molecule is O=C(O)[C@@H]1CCC([O-])=N1.[Rb+]. The fraction of sp³-hybridized carbons (Fsp3) is 0.600. The first-order valence-electron chi connectivity index (χ1n) is 2.66. The summed E-state index contributed by atoms with van der Waals surface area (Å²) in [6, 6.07) is -0.766. The Kier molecular flexibility index (Phi) is 4.93. The number of carbonyl (C=O) groups is 1. The van der Waals surface area contributed by atoms with Gasteiger partial charge in [0, 0.05) is 0 Å². The van der Waals surface area contributed by atoms with Crippen molar-refractivity contribution in [2.75, 3.05) is 0 Å². The van der Waals surface area contributed by atoms with E-state index in [1.54, 1.807) is 0 Å². The van der Waals surface area contributed by atoms with Gasteiger partial charge in [0.2, 0.25) is 0 Å². The van der Waals surface area contributed by atoms with E-state index in [0.717, 1.165) is 0 Å². The first-order valence-corrected chi connectivity index (χ1v) is 2.66. The van der Waals surface area contributed by atoms with Gasteiger partial charge in [0.1, 0.15) is 6.04 Å². The van der Waals surface area contributed by atoms with Crippen LogP contribution >= 0.6 is 0 Å². The second-order valence-corrected chi connectivity index (χ2v) is 1.92. The Morgan fingerprint density at radius 1 is 1.80 bits per heavy atom. The van der Waals surface area contributed by atoms with Crippen LogP contribution in [0.1, 0.15) is 12.8 Å². The van der Waals surface area contributed by atoms with Gasteiger partial charge in [-0.05, 0) is 18.7 Å². The summed E-state index contributed by atoms with van der Waals surface area (Å²) in [7, 11) is 0. The number of carboxylic acids is 1. The summed E-state index contributed by atoms with van der Waals surface area (Å²) in [4.78, 5) is 13.5. The third-order valence-corrected chi connectivity index (χ3v) is 1.22. The van der Waals surface area contributed by atoms with E-state index in [2.05, 4.69) is 4.99 Å². The molecular formula is C5H6NO3Rb. The van der Waals surface area contributed by atoms with Crippen LogP contribution in [0, 0.1) is 0 Å². The summed E-state index contributed by atoms with van der Waals surface area (Å²) >= 11 is 0. The van der Waals surface area contributed by atoms with Gasteiger partial charge < -0.3 is 10.2 Å². The van der Waals surface area contributed by atoms with Crippen LogP contribution in [0.3, 0.4) is 0 Å². The molecule has 1 N–H and O–H groups in total. The van der Waals surface area contributed by atoms with E-state index in [-0.39, 0.29) is 70.5 Å². The quantitative estimate of drug-likeness (QED) is 0.483.